The van der Waals surface area contributed by atoms with Crippen molar-refractivity contribution in [2.24, 2.45) is 5.92 Å². The summed E-state index contributed by atoms with van der Waals surface area (Å²) < 4.78 is 49.9. The molecule has 1 aliphatic heterocycles. The number of nitrogens with zero attached hydrogens (tertiary/aromatic N) is 1. The first-order valence-corrected chi connectivity index (χ1v) is 9.44. The molecular weight excluding hydrogens is 276 g/mol. The van der Waals surface area contributed by atoms with Crippen LogP contribution in [0.15, 0.2) is 0 Å². The molecule has 1 heterocycles. The van der Waals surface area contributed by atoms with Gasteiger partial charge in [-0.1, -0.05) is 13.3 Å². The van der Waals surface area contributed by atoms with E-state index in [-0.39, 0.29) is 24.0 Å². The van der Waals surface area contributed by atoms with Gasteiger partial charge >= 0.3 is 0 Å². The molecule has 6 nitrogen and oxygen atoms in total. The van der Waals surface area contributed by atoms with Crippen LogP contribution in [0.2, 0.25) is 0 Å². The predicted molar refractivity (Wildman–Crippen MR) is 71.2 cm³/mol. The maximum Gasteiger partial charge on any atom is 0.279 e. The molecule has 0 radical (unpaired) electrons. The minimum Gasteiger partial charge on any atom is -0.229 e. The van der Waals surface area contributed by atoms with Crippen molar-refractivity contribution in [3.63, 3.8) is 0 Å². The third-order valence-electron chi connectivity index (χ3n) is 3.12. The van der Waals surface area contributed by atoms with Gasteiger partial charge in [0.15, 0.2) is 9.84 Å². The summed E-state index contributed by atoms with van der Waals surface area (Å²) in [6, 6.07) is 0. The smallest absolute Gasteiger partial charge is 0.229 e. The minimum atomic E-state index is -3.47. The van der Waals surface area contributed by atoms with E-state index in [1.807, 2.05) is 6.92 Å². The molecule has 108 valence electrons. The van der Waals surface area contributed by atoms with Gasteiger partial charge in [0.2, 0.25) is 0 Å². The van der Waals surface area contributed by atoms with Crippen molar-refractivity contribution in [3.8, 4) is 0 Å². The molecule has 0 spiro atoms. The molecule has 0 aromatic rings. The Kier molecular flexibility index (Phi) is 5.57. The Hall–Kier alpha value is -0.180. The monoisotopic (exact) mass is 298 g/mol. The zero-order valence-corrected chi connectivity index (χ0v) is 12.6. The summed E-state index contributed by atoms with van der Waals surface area (Å²) in [5.74, 6) is 0.170. The molecule has 0 aromatic heterocycles. The van der Waals surface area contributed by atoms with Crippen LogP contribution in [0.5, 0.6) is 0 Å². The number of hydrogen-bond acceptors (Lipinski definition) is 4. The first-order valence-electron chi connectivity index (χ1n) is 6.18. The van der Waals surface area contributed by atoms with Crippen LogP contribution in [0.25, 0.3) is 0 Å². The van der Waals surface area contributed by atoms with E-state index < -0.39 is 20.0 Å². The average molecular weight is 298 g/mol. The van der Waals surface area contributed by atoms with Gasteiger partial charge in [-0.25, -0.2) is 13.1 Å². The lowest BCUT2D eigenvalue weighted by Crippen LogP contribution is -2.41. The van der Waals surface area contributed by atoms with Gasteiger partial charge in [0.25, 0.3) is 10.2 Å². The molecule has 1 atom stereocenters. The Morgan fingerprint density at radius 2 is 2.06 bits per heavy atom. The Balaban J connectivity index is 2.42. The van der Waals surface area contributed by atoms with Crippen molar-refractivity contribution in [2.45, 2.75) is 26.2 Å². The second-order valence-electron chi connectivity index (χ2n) is 4.80. The lowest BCUT2D eigenvalue weighted by Gasteiger charge is -2.18. The Labute approximate surface area is 110 Å². The van der Waals surface area contributed by atoms with Crippen molar-refractivity contribution >= 4 is 20.0 Å². The van der Waals surface area contributed by atoms with Gasteiger partial charge in [0.05, 0.1) is 11.5 Å². The highest BCUT2D eigenvalue weighted by atomic mass is 32.2. The highest BCUT2D eigenvalue weighted by Gasteiger charge is 2.29. The largest absolute Gasteiger partial charge is 0.279 e. The zero-order valence-electron chi connectivity index (χ0n) is 10.9. The van der Waals surface area contributed by atoms with Crippen molar-refractivity contribution < 1.29 is 16.8 Å². The molecule has 0 bridgehead atoms. The number of sulfone groups is 1. The van der Waals surface area contributed by atoms with Gasteiger partial charge in [-0.3, -0.25) is 0 Å². The lowest BCUT2D eigenvalue weighted by atomic mass is 10.1. The first kappa shape index (κ1) is 15.9. The maximum atomic E-state index is 11.8. The summed E-state index contributed by atoms with van der Waals surface area (Å²) in [5, 5.41) is 0. The highest BCUT2D eigenvalue weighted by Crippen LogP contribution is 2.17. The molecule has 0 aromatic carbocycles. The van der Waals surface area contributed by atoms with E-state index in [2.05, 4.69) is 4.72 Å². The van der Waals surface area contributed by atoms with Crippen molar-refractivity contribution in [1.82, 2.24) is 9.03 Å². The molecule has 1 saturated heterocycles. The van der Waals surface area contributed by atoms with Gasteiger partial charge < -0.3 is 0 Å². The van der Waals surface area contributed by atoms with Crippen LogP contribution in [0, 0.1) is 5.92 Å². The Morgan fingerprint density at radius 1 is 1.39 bits per heavy atom. The normalized spacial score (nSPS) is 23.6. The number of nitrogens with one attached hydrogen (secondary N) is 1. The van der Waals surface area contributed by atoms with Crippen molar-refractivity contribution in [1.29, 1.82) is 0 Å². The fourth-order valence-electron chi connectivity index (χ4n) is 1.87. The van der Waals surface area contributed by atoms with E-state index in [9.17, 15) is 16.8 Å². The predicted octanol–water partition coefficient (Wildman–Crippen LogP) is -0.0126. The standard InChI is InChI=1S/C10H22N2O4S2/c1-3-4-6-12(2)18(15,16)11-8-10-5-7-17(13,14)9-10/h10-11H,3-9H2,1-2H3/t10-/m1/s1. The fraction of sp³-hybridized carbons (Fsp3) is 1.00. The zero-order chi connectivity index (χ0) is 13.8. The van der Waals surface area contributed by atoms with Gasteiger partial charge in [-0.15, -0.1) is 0 Å². The molecule has 0 unspecified atom stereocenters. The van der Waals surface area contributed by atoms with Gasteiger partial charge in [-0.05, 0) is 18.8 Å². The molecule has 0 amide bonds. The average Bonchev–Trinajstić information content (AvgIpc) is 2.63. The van der Waals surface area contributed by atoms with Crippen LogP contribution < -0.4 is 4.72 Å². The van der Waals surface area contributed by atoms with Crippen LogP contribution >= 0.6 is 0 Å². The van der Waals surface area contributed by atoms with Crippen LogP contribution in [-0.2, 0) is 20.0 Å². The van der Waals surface area contributed by atoms with Gasteiger partial charge in [-0.2, -0.15) is 12.7 Å². The van der Waals surface area contributed by atoms with E-state index in [0.29, 0.717) is 13.0 Å². The van der Waals surface area contributed by atoms with Crippen molar-refractivity contribution in [3.05, 3.63) is 0 Å². The van der Waals surface area contributed by atoms with Gasteiger partial charge in [0, 0.05) is 20.1 Å². The maximum absolute atomic E-state index is 11.8. The van der Waals surface area contributed by atoms with Gasteiger partial charge in [0.1, 0.15) is 0 Å². The molecule has 0 saturated carbocycles. The lowest BCUT2D eigenvalue weighted by molar-refractivity contribution is 0.441. The summed E-state index contributed by atoms with van der Waals surface area (Å²) >= 11 is 0. The van der Waals surface area contributed by atoms with E-state index >= 15 is 0 Å². The molecular formula is C10H22N2O4S2. The Morgan fingerprint density at radius 3 is 2.56 bits per heavy atom. The summed E-state index contributed by atoms with van der Waals surface area (Å²) in [4.78, 5) is 0. The van der Waals surface area contributed by atoms with Crippen LogP contribution in [0.1, 0.15) is 26.2 Å². The third kappa shape index (κ3) is 4.83. The van der Waals surface area contributed by atoms with Crippen LogP contribution in [0.3, 0.4) is 0 Å². The summed E-state index contributed by atoms with van der Waals surface area (Å²) in [5.41, 5.74) is 0. The van der Waals surface area contributed by atoms with E-state index in [0.717, 1.165) is 12.8 Å². The number of rotatable bonds is 7. The molecule has 1 rings (SSSR count). The SMILES string of the molecule is CCCCN(C)S(=O)(=O)NC[C@H]1CCS(=O)(=O)C1. The first-order chi connectivity index (χ1) is 8.27. The Bertz CT molecular complexity index is 458. The number of unbranched alkanes of at least 4 members (excludes halogenated alkanes) is 1. The summed E-state index contributed by atoms with van der Waals surface area (Å²) in [6.45, 7) is 2.68. The van der Waals surface area contributed by atoms with Crippen LogP contribution in [0.4, 0.5) is 0 Å². The van der Waals surface area contributed by atoms with E-state index in [1.54, 1.807) is 0 Å². The summed E-state index contributed by atoms with van der Waals surface area (Å²) in [6.07, 6.45) is 2.29. The fourth-order valence-corrected chi connectivity index (χ4v) is 4.77. The van der Waals surface area contributed by atoms with Crippen LogP contribution in [-0.4, -0.2) is 52.8 Å². The second kappa shape index (κ2) is 6.31. The molecule has 1 N–H and O–H groups in total. The van der Waals surface area contributed by atoms with Crippen molar-refractivity contribution in [2.75, 3.05) is 31.6 Å². The van der Waals surface area contributed by atoms with E-state index in [1.165, 1.54) is 11.4 Å². The quantitative estimate of drug-likeness (QED) is 0.716. The highest BCUT2D eigenvalue weighted by molar-refractivity contribution is 7.91. The number of hydrogen-bond donors (Lipinski definition) is 1. The molecule has 18 heavy (non-hydrogen) atoms. The molecule has 0 aliphatic carbocycles. The molecule has 8 heteroatoms. The minimum absolute atomic E-state index is 0.0915. The molecule has 1 aliphatic rings. The second-order valence-corrected chi connectivity index (χ2v) is 8.89. The summed E-state index contributed by atoms with van der Waals surface area (Å²) in [7, 11) is -4.88. The third-order valence-corrected chi connectivity index (χ3v) is 6.49. The molecule has 1 fully saturated rings. The topological polar surface area (TPSA) is 83.6 Å². The van der Waals surface area contributed by atoms with E-state index in [4.69, 9.17) is 0 Å².